The van der Waals surface area contributed by atoms with E-state index in [-0.39, 0.29) is 11.8 Å². The van der Waals surface area contributed by atoms with Gasteiger partial charge in [-0.3, -0.25) is 9.79 Å². The number of carbonyl (C=O) groups excluding carboxylic acids is 1. The number of nitrogens with zero attached hydrogens (tertiary/aromatic N) is 3. The van der Waals surface area contributed by atoms with Crippen molar-refractivity contribution in [2.24, 2.45) is 4.99 Å². The Labute approximate surface area is 135 Å². The molecule has 1 aliphatic rings. The zero-order valence-corrected chi connectivity index (χ0v) is 13.6. The van der Waals surface area contributed by atoms with Crippen LogP contribution in [-0.4, -0.2) is 63.7 Å². The van der Waals surface area contributed by atoms with Crippen molar-refractivity contribution in [2.45, 2.75) is 6.42 Å². The lowest BCUT2D eigenvalue weighted by molar-refractivity contribution is -0.140. The van der Waals surface area contributed by atoms with Gasteiger partial charge in [0.15, 0.2) is 5.96 Å². The third-order valence-corrected chi connectivity index (χ3v) is 3.82. The highest BCUT2D eigenvalue weighted by atomic mass is 19.1. The summed E-state index contributed by atoms with van der Waals surface area (Å²) in [5, 5.41) is 3.15. The van der Waals surface area contributed by atoms with E-state index in [4.69, 9.17) is 0 Å². The molecule has 0 spiro atoms. The Hall–Kier alpha value is -2.31. The number of esters is 1. The average molecular weight is 322 g/mol. The number of para-hydroxylation sites is 1. The summed E-state index contributed by atoms with van der Waals surface area (Å²) in [5.41, 5.74) is 0.640. The molecular weight excluding hydrogens is 299 g/mol. The second-order valence-corrected chi connectivity index (χ2v) is 5.23. The van der Waals surface area contributed by atoms with E-state index in [9.17, 15) is 9.18 Å². The van der Waals surface area contributed by atoms with Gasteiger partial charge in [0.1, 0.15) is 5.82 Å². The third-order valence-electron chi connectivity index (χ3n) is 3.82. The molecule has 1 heterocycles. The minimum atomic E-state index is -0.252. The molecule has 0 bridgehead atoms. The van der Waals surface area contributed by atoms with Crippen LogP contribution in [-0.2, 0) is 9.53 Å². The summed E-state index contributed by atoms with van der Waals surface area (Å²) in [6, 6.07) is 6.82. The fourth-order valence-corrected chi connectivity index (χ4v) is 2.58. The highest BCUT2D eigenvalue weighted by Gasteiger charge is 2.21. The second kappa shape index (κ2) is 8.36. The molecule has 2 rings (SSSR count). The van der Waals surface area contributed by atoms with E-state index in [1.807, 2.05) is 11.0 Å². The largest absolute Gasteiger partial charge is 0.469 e. The molecule has 1 fully saturated rings. The Morgan fingerprint density at radius 2 is 2.00 bits per heavy atom. The van der Waals surface area contributed by atoms with E-state index in [1.165, 1.54) is 13.2 Å². The molecule has 1 aromatic carbocycles. The van der Waals surface area contributed by atoms with Gasteiger partial charge in [0, 0.05) is 39.8 Å². The molecule has 0 aromatic heterocycles. The fourth-order valence-electron chi connectivity index (χ4n) is 2.58. The molecular formula is C16H23FN4O2. The van der Waals surface area contributed by atoms with Crippen molar-refractivity contribution in [3.63, 3.8) is 0 Å². The molecule has 0 atom stereocenters. The van der Waals surface area contributed by atoms with Gasteiger partial charge in [0.2, 0.25) is 0 Å². The van der Waals surface area contributed by atoms with E-state index in [0.29, 0.717) is 18.7 Å². The molecule has 0 aliphatic carbocycles. The van der Waals surface area contributed by atoms with Crippen LogP contribution in [0.2, 0.25) is 0 Å². The number of piperazine rings is 1. The van der Waals surface area contributed by atoms with Crippen LogP contribution in [0.15, 0.2) is 29.3 Å². The van der Waals surface area contributed by atoms with E-state index in [1.54, 1.807) is 19.2 Å². The highest BCUT2D eigenvalue weighted by Crippen LogP contribution is 2.20. The number of methoxy groups -OCH3 is 1. The first-order valence-corrected chi connectivity index (χ1v) is 7.67. The predicted octanol–water partition coefficient (Wildman–Crippen LogP) is 1.09. The standard InChI is InChI=1S/C16H23FN4O2/c1-18-16(19-8-7-15(22)23-2)21-11-9-20(10-12-21)14-6-4-3-5-13(14)17/h3-6H,7-12H2,1-2H3,(H,18,19). The van der Waals surface area contributed by atoms with E-state index < -0.39 is 0 Å². The summed E-state index contributed by atoms with van der Waals surface area (Å²) < 4.78 is 18.4. The van der Waals surface area contributed by atoms with E-state index in [2.05, 4.69) is 19.9 Å². The molecule has 1 aromatic rings. The van der Waals surface area contributed by atoms with Crippen molar-refractivity contribution < 1.29 is 13.9 Å². The van der Waals surface area contributed by atoms with Crippen molar-refractivity contribution in [1.82, 2.24) is 10.2 Å². The van der Waals surface area contributed by atoms with Gasteiger partial charge in [0.05, 0.1) is 19.2 Å². The van der Waals surface area contributed by atoms with Crippen LogP contribution in [0.1, 0.15) is 6.42 Å². The predicted molar refractivity (Wildman–Crippen MR) is 88.2 cm³/mol. The number of hydrogen-bond donors (Lipinski definition) is 1. The number of rotatable bonds is 4. The van der Waals surface area contributed by atoms with Crippen LogP contribution < -0.4 is 10.2 Å². The van der Waals surface area contributed by atoms with Crippen LogP contribution in [0.5, 0.6) is 0 Å². The minimum Gasteiger partial charge on any atom is -0.469 e. The first kappa shape index (κ1) is 17.1. The molecule has 6 nitrogen and oxygen atoms in total. The highest BCUT2D eigenvalue weighted by molar-refractivity contribution is 5.80. The Bertz CT molecular complexity index is 557. The summed E-state index contributed by atoms with van der Waals surface area (Å²) in [6.45, 7) is 3.41. The molecule has 0 saturated carbocycles. The summed E-state index contributed by atoms with van der Waals surface area (Å²) in [7, 11) is 3.09. The molecule has 0 unspecified atom stereocenters. The Balaban J connectivity index is 1.85. The number of anilines is 1. The zero-order chi connectivity index (χ0) is 16.7. The fraction of sp³-hybridized carbons (Fsp3) is 0.500. The van der Waals surface area contributed by atoms with Gasteiger partial charge in [-0.05, 0) is 12.1 Å². The molecule has 23 heavy (non-hydrogen) atoms. The first-order valence-electron chi connectivity index (χ1n) is 7.67. The summed E-state index contributed by atoms with van der Waals surface area (Å²) in [5.74, 6) is 0.306. The lowest BCUT2D eigenvalue weighted by atomic mass is 10.2. The normalized spacial score (nSPS) is 15.5. The van der Waals surface area contributed by atoms with Gasteiger partial charge >= 0.3 is 5.97 Å². The maximum absolute atomic E-state index is 13.8. The van der Waals surface area contributed by atoms with Gasteiger partial charge in [0.25, 0.3) is 0 Å². The Morgan fingerprint density at radius 1 is 1.30 bits per heavy atom. The SMILES string of the molecule is CN=C(NCCC(=O)OC)N1CCN(c2ccccc2F)CC1. The van der Waals surface area contributed by atoms with Crippen LogP contribution in [0, 0.1) is 5.82 Å². The Kier molecular flexibility index (Phi) is 6.19. The van der Waals surface area contributed by atoms with E-state index in [0.717, 1.165) is 32.1 Å². The maximum atomic E-state index is 13.8. The molecule has 0 amide bonds. The molecule has 126 valence electrons. The molecule has 1 N–H and O–H groups in total. The number of aliphatic imine (C=N–C) groups is 1. The van der Waals surface area contributed by atoms with Crippen LogP contribution in [0.25, 0.3) is 0 Å². The summed E-state index contributed by atoms with van der Waals surface area (Å²) in [6.07, 6.45) is 0.296. The monoisotopic (exact) mass is 322 g/mol. The number of benzene rings is 1. The smallest absolute Gasteiger partial charge is 0.307 e. The molecule has 7 heteroatoms. The quantitative estimate of drug-likeness (QED) is 0.511. The third kappa shape index (κ3) is 4.58. The number of hydrogen-bond acceptors (Lipinski definition) is 4. The lowest BCUT2D eigenvalue weighted by Gasteiger charge is -2.37. The van der Waals surface area contributed by atoms with Crippen molar-refractivity contribution in [1.29, 1.82) is 0 Å². The van der Waals surface area contributed by atoms with Gasteiger partial charge in [-0.15, -0.1) is 0 Å². The maximum Gasteiger partial charge on any atom is 0.307 e. The number of carbonyl (C=O) groups is 1. The zero-order valence-electron chi connectivity index (χ0n) is 13.6. The first-order chi connectivity index (χ1) is 11.2. The molecule has 1 saturated heterocycles. The van der Waals surface area contributed by atoms with Gasteiger partial charge < -0.3 is 19.9 Å². The summed E-state index contributed by atoms with van der Waals surface area (Å²) in [4.78, 5) is 19.5. The number of halogens is 1. The van der Waals surface area contributed by atoms with Crippen molar-refractivity contribution in [2.75, 3.05) is 51.8 Å². The lowest BCUT2D eigenvalue weighted by Crippen LogP contribution is -2.53. The van der Waals surface area contributed by atoms with Crippen molar-refractivity contribution in [3.05, 3.63) is 30.1 Å². The number of guanidine groups is 1. The molecule has 0 radical (unpaired) electrons. The van der Waals surface area contributed by atoms with Gasteiger partial charge in [-0.25, -0.2) is 4.39 Å². The Morgan fingerprint density at radius 3 is 2.61 bits per heavy atom. The van der Waals surface area contributed by atoms with Crippen LogP contribution in [0.3, 0.4) is 0 Å². The number of nitrogens with one attached hydrogen (secondary N) is 1. The summed E-state index contributed by atoms with van der Waals surface area (Å²) >= 11 is 0. The van der Waals surface area contributed by atoms with Crippen LogP contribution >= 0.6 is 0 Å². The van der Waals surface area contributed by atoms with Crippen LogP contribution in [0.4, 0.5) is 10.1 Å². The molecule has 1 aliphatic heterocycles. The van der Waals surface area contributed by atoms with Gasteiger partial charge in [-0.1, -0.05) is 12.1 Å². The second-order valence-electron chi connectivity index (χ2n) is 5.23. The average Bonchev–Trinajstić information content (AvgIpc) is 2.59. The topological polar surface area (TPSA) is 57.2 Å². The number of ether oxygens (including phenoxy) is 1. The van der Waals surface area contributed by atoms with Crippen molar-refractivity contribution >= 4 is 17.6 Å². The van der Waals surface area contributed by atoms with E-state index >= 15 is 0 Å². The van der Waals surface area contributed by atoms with Crippen molar-refractivity contribution in [3.8, 4) is 0 Å². The minimum absolute atomic E-state index is 0.193. The van der Waals surface area contributed by atoms with Gasteiger partial charge in [-0.2, -0.15) is 0 Å².